The van der Waals surface area contributed by atoms with Gasteiger partial charge in [0.1, 0.15) is 5.82 Å². The van der Waals surface area contributed by atoms with Crippen molar-refractivity contribution in [2.24, 2.45) is 0 Å². The summed E-state index contributed by atoms with van der Waals surface area (Å²) in [6, 6.07) is 27.3. The summed E-state index contributed by atoms with van der Waals surface area (Å²) in [6.45, 7) is 6.46. The quantitative estimate of drug-likeness (QED) is 0.431. The van der Waals surface area contributed by atoms with Crippen molar-refractivity contribution >= 4 is 10.8 Å². The van der Waals surface area contributed by atoms with Crippen molar-refractivity contribution in [1.82, 2.24) is 9.97 Å². The van der Waals surface area contributed by atoms with Crippen molar-refractivity contribution in [1.29, 1.82) is 0 Å². The van der Waals surface area contributed by atoms with Gasteiger partial charge in [0.2, 0.25) is 0 Å². The van der Waals surface area contributed by atoms with Crippen molar-refractivity contribution in [2.45, 2.75) is 26.2 Å². The Kier molecular flexibility index (Phi) is 4.04. The van der Waals surface area contributed by atoms with Crippen LogP contribution < -0.4 is 0 Å². The Morgan fingerprint density at radius 3 is 1.88 bits per heavy atom. The van der Waals surface area contributed by atoms with E-state index >= 15 is 0 Å². The third kappa shape index (κ3) is 3.23. The monoisotopic (exact) mass is 338 g/mol. The van der Waals surface area contributed by atoms with Crippen LogP contribution in [0.4, 0.5) is 0 Å². The molecule has 0 N–H and O–H groups in total. The van der Waals surface area contributed by atoms with E-state index in [-0.39, 0.29) is 5.41 Å². The molecule has 0 saturated heterocycles. The van der Waals surface area contributed by atoms with Gasteiger partial charge >= 0.3 is 0 Å². The molecule has 1 heterocycles. The molecule has 4 rings (SSSR count). The second-order valence-electron chi connectivity index (χ2n) is 7.64. The van der Waals surface area contributed by atoms with Gasteiger partial charge in [-0.15, -0.1) is 0 Å². The maximum absolute atomic E-state index is 4.90. The summed E-state index contributed by atoms with van der Waals surface area (Å²) in [4.78, 5) is 9.75. The molecule has 0 fully saturated rings. The summed E-state index contributed by atoms with van der Waals surface area (Å²) in [5.41, 5.74) is 4.05. The van der Waals surface area contributed by atoms with Crippen LogP contribution in [-0.2, 0) is 5.41 Å². The fourth-order valence-electron chi connectivity index (χ4n) is 3.04. The highest BCUT2D eigenvalue weighted by atomic mass is 14.9. The number of hydrogen-bond donors (Lipinski definition) is 0. The van der Waals surface area contributed by atoms with Gasteiger partial charge in [-0.05, 0) is 22.9 Å². The Balaban J connectivity index is 1.91. The van der Waals surface area contributed by atoms with Crippen LogP contribution in [0.3, 0.4) is 0 Å². The second kappa shape index (κ2) is 6.38. The normalized spacial score (nSPS) is 11.7. The number of nitrogens with zero attached hydrogens (tertiary/aromatic N) is 2. The van der Waals surface area contributed by atoms with E-state index in [1.54, 1.807) is 0 Å². The van der Waals surface area contributed by atoms with Crippen LogP contribution in [0.5, 0.6) is 0 Å². The van der Waals surface area contributed by atoms with Gasteiger partial charge in [0.25, 0.3) is 0 Å². The summed E-state index contributed by atoms with van der Waals surface area (Å²) < 4.78 is 0. The first kappa shape index (κ1) is 16.5. The zero-order valence-electron chi connectivity index (χ0n) is 15.4. The van der Waals surface area contributed by atoms with E-state index in [0.29, 0.717) is 0 Å². The van der Waals surface area contributed by atoms with E-state index in [0.717, 1.165) is 28.3 Å². The van der Waals surface area contributed by atoms with Crippen LogP contribution in [-0.4, -0.2) is 9.97 Å². The van der Waals surface area contributed by atoms with Gasteiger partial charge in [-0.25, -0.2) is 9.97 Å². The molecule has 3 aromatic carbocycles. The second-order valence-corrected chi connectivity index (χ2v) is 7.64. The lowest BCUT2D eigenvalue weighted by molar-refractivity contribution is 0.547. The first-order valence-corrected chi connectivity index (χ1v) is 8.95. The molecule has 1 aromatic heterocycles. The molecular formula is C24H22N2. The smallest absolute Gasteiger partial charge is 0.135 e. The van der Waals surface area contributed by atoms with Gasteiger partial charge < -0.3 is 0 Å². The minimum atomic E-state index is -0.115. The minimum Gasteiger partial charge on any atom is -0.232 e. The van der Waals surface area contributed by atoms with Crippen molar-refractivity contribution in [2.75, 3.05) is 0 Å². The average molecular weight is 338 g/mol. The minimum absolute atomic E-state index is 0.115. The molecule has 4 aromatic rings. The molecule has 2 heteroatoms. The van der Waals surface area contributed by atoms with E-state index in [1.807, 2.05) is 18.2 Å². The maximum Gasteiger partial charge on any atom is 0.135 e. The lowest BCUT2D eigenvalue weighted by Crippen LogP contribution is -2.16. The van der Waals surface area contributed by atoms with Crippen LogP contribution in [0.25, 0.3) is 33.3 Å². The van der Waals surface area contributed by atoms with Gasteiger partial charge in [0.05, 0.1) is 11.4 Å². The van der Waals surface area contributed by atoms with Crippen molar-refractivity contribution in [3.63, 3.8) is 0 Å². The third-order valence-corrected chi connectivity index (χ3v) is 4.51. The standard InChI is InChI=1S/C24H22N2/c1-24(2,3)23-25-21(18-10-5-4-6-11-18)16-22(26-23)20-14-13-17-9-7-8-12-19(17)15-20/h4-16H,1-3H3. The lowest BCUT2D eigenvalue weighted by Gasteiger charge is -2.19. The predicted octanol–water partition coefficient (Wildman–Crippen LogP) is 6.26. The molecule has 0 radical (unpaired) electrons. The van der Waals surface area contributed by atoms with E-state index in [4.69, 9.17) is 9.97 Å². The number of hydrogen-bond acceptors (Lipinski definition) is 2. The summed E-state index contributed by atoms with van der Waals surface area (Å²) in [7, 11) is 0. The Bertz CT molecular complexity index is 1060. The van der Waals surface area contributed by atoms with Gasteiger partial charge in [-0.3, -0.25) is 0 Å². The largest absolute Gasteiger partial charge is 0.232 e. The Labute approximate surface area is 154 Å². The van der Waals surface area contributed by atoms with Crippen LogP contribution >= 0.6 is 0 Å². The fraction of sp³-hybridized carbons (Fsp3) is 0.167. The maximum atomic E-state index is 4.90. The molecule has 2 nitrogen and oxygen atoms in total. The Morgan fingerprint density at radius 2 is 1.19 bits per heavy atom. The highest BCUT2D eigenvalue weighted by Gasteiger charge is 2.20. The predicted molar refractivity (Wildman–Crippen MR) is 109 cm³/mol. The average Bonchev–Trinajstić information content (AvgIpc) is 2.67. The molecule has 0 saturated carbocycles. The molecule has 26 heavy (non-hydrogen) atoms. The lowest BCUT2D eigenvalue weighted by atomic mass is 9.94. The zero-order valence-corrected chi connectivity index (χ0v) is 15.4. The molecule has 0 spiro atoms. The van der Waals surface area contributed by atoms with Crippen molar-refractivity contribution in [3.8, 4) is 22.5 Å². The van der Waals surface area contributed by atoms with Gasteiger partial charge in [-0.1, -0.05) is 87.5 Å². The molecule has 128 valence electrons. The van der Waals surface area contributed by atoms with E-state index in [9.17, 15) is 0 Å². The van der Waals surface area contributed by atoms with E-state index in [2.05, 4.69) is 81.4 Å². The first-order valence-electron chi connectivity index (χ1n) is 8.95. The Hall–Kier alpha value is -3.00. The first-order chi connectivity index (χ1) is 12.5. The highest BCUT2D eigenvalue weighted by molar-refractivity contribution is 5.87. The van der Waals surface area contributed by atoms with Crippen LogP contribution in [0.15, 0.2) is 78.9 Å². The summed E-state index contributed by atoms with van der Waals surface area (Å²) in [5, 5.41) is 2.46. The van der Waals surface area contributed by atoms with Crippen LogP contribution in [0, 0.1) is 0 Å². The van der Waals surface area contributed by atoms with Crippen LogP contribution in [0.2, 0.25) is 0 Å². The topological polar surface area (TPSA) is 25.8 Å². The van der Waals surface area contributed by atoms with Crippen LogP contribution in [0.1, 0.15) is 26.6 Å². The molecule has 0 aliphatic carbocycles. The van der Waals surface area contributed by atoms with E-state index < -0.39 is 0 Å². The number of rotatable bonds is 2. The number of fused-ring (bicyclic) bond motifs is 1. The highest BCUT2D eigenvalue weighted by Crippen LogP contribution is 2.29. The third-order valence-electron chi connectivity index (χ3n) is 4.51. The number of aromatic nitrogens is 2. The van der Waals surface area contributed by atoms with Crippen molar-refractivity contribution < 1.29 is 0 Å². The van der Waals surface area contributed by atoms with E-state index in [1.165, 1.54) is 10.8 Å². The Morgan fingerprint density at radius 1 is 0.577 bits per heavy atom. The summed E-state index contributed by atoms with van der Waals surface area (Å²) in [6.07, 6.45) is 0. The summed E-state index contributed by atoms with van der Waals surface area (Å²) in [5.74, 6) is 0.863. The molecule has 0 aliphatic heterocycles. The molecule has 0 aliphatic rings. The zero-order chi connectivity index (χ0) is 18.1. The van der Waals surface area contributed by atoms with Gasteiger partial charge in [-0.2, -0.15) is 0 Å². The number of benzene rings is 3. The molecule has 0 amide bonds. The molecule has 0 atom stereocenters. The molecule has 0 unspecified atom stereocenters. The van der Waals surface area contributed by atoms with Gasteiger partial charge in [0.15, 0.2) is 0 Å². The molecule has 0 bridgehead atoms. The molecular weight excluding hydrogens is 316 g/mol. The fourth-order valence-corrected chi connectivity index (χ4v) is 3.04. The van der Waals surface area contributed by atoms with Gasteiger partial charge in [0, 0.05) is 16.5 Å². The van der Waals surface area contributed by atoms with Crippen molar-refractivity contribution in [3.05, 3.63) is 84.7 Å². The summed E-state index contributed by atoms with van der Waals surface area (Å²) >= 11 is 0. The SMILES string of the molecule is CC(C)(C)c1nc(-c2ccccc2)cc(-c2ccc3ccccc3c2)n1.